The van der Waals surface area contributed by atoms with Crippen molar-refractivity contribution in [3.05, 3.63) is 12.2 Å². The number of hydrogen-bond acceptors (Lipinski definition) is 2. The smallest absolute Gasteiger partial charge is 0.220 e. The number of hydrogen-bond donors (Lipinski definition) is 3. The molecule has 0 unspecified atom stereocenters. The van der Waals surface area contributed by atoms with Crippen molar-refractivity contribution in [1.29, 1.82) is 0 Å². The van der Waals surface area contributed by atoms with Gasteiger partial charge in [0.2, 0.25) is 5.91 Å². The van der Waals surface area contributed by atoms with Crippen molar-refractivity contribution in [3.8, 4) is 0 Å². The summed E-state index contributed by atoms with van der Waals surface area (Å²) in [4.78, 5) is 15.7. The molecule has 3 N–H and O–H groups in total. The maximum atomic E-state index is 11.5. The quantitative estimate of drug-likeness (QED) is 0.289. The van der Waals surface area contributed by atoms with Gasteiger partial charge in [0.15, 0.2) is 5.96 Å². The summed E-state index contributed by atoms with van der Waals surface area (Å²) in [6.45, 7) is 0.776. The predicted molar refractivity (Wildman–Crippen MR) is 77.1 cm³/mol. The van der Waals surface area contributed by atoms with E-state index in [1.807, 2.05) is 0 Å². The molecule has 0 heterocycles. The van der Waals surface area contributed by atoms with Crippen LogP contribution in [0.2, 0.25) is 0 Å². The van der Waals surface area contributed by atoms with Gasteiger partial charge in [-0.2, -0.15) is 0 Å². The molecule has 0 aromatic heterocycles. The first kappa shape index (κ1) is 13.9. The Balaban J connectivity index is 1.53. The summed E-state index contributed by atoms with van der Waals surface area (Å²) in [7, 11) is 1.78. The summed E-state index contributed by atoms with van der Waals surface area (Å²) in [6.07, 6.45) is 10.2. The lowest BCUT2D eigenvalue weighted by Gasteiger charge is -2.16. The van der Waals surface area contributed by atoms with Gasteiger partial charge >= 0.3 is 0 Å². The molecule has 1 fully saturated rings. The molecular formula is C14H24N4O. The summed E-state index contributed by atoms with van der Waals surface area (Å²) >= 11 is 0. The molecule has 5 nitrogen and oxygen atoms in total. The highest BCUT2D eigenvalue weighted by Gasteiger charge is 2.22. The second kappa shape index (κ2) is 7.16. The van der Waals surface area contributed by atoms with E-state index in [-0.39, 0.29) is 5.91 Å². The normalized spacial score (nSPS) is 19.5. The molecule has 0 aromatic carbocycles. The van der Waals surface area contributed by atoms with Crippen LogP contribution in [-0.2, 0) is 4.79 Å². The van der Waals surface area contributed by atoms with Gasteiger partial charge in [-0.05, 0) is 32.1 Å². The van der Waals surface area contributed by atoms with Crippen LogP contribution in [0.4, 0.5) is 0 Å². The Bertz CT molecular complexity index is 352. The SMILES string of the molecule is CN=C(NCCCC(=O)NC1CC1)NC1CC=CC1. The Labute approximate surface area is 114 Å². The minimum Gasteiger partial charge on any atom is -0.356 e. The van der Waals surface area contributed by atoms with Gasteiger partial charge in [0, 0.05) is 32.1 Å². The van der Waals surface area contributed by atoms with Crippen LogP contribution in [0.25, 0.3) is 0 Å². The number of nitrogens with zero attached hydrogens (tertiary/aromatic N) is 1. The molecule has 0 bridgehead atoms. The minimum atomic E-state index is 0.173. The number of carbonyl (C=O) groups excluding carboxylic acids is 1. The van der Waals surface area contributed by atoms with E-state index in [2.05, 4.69) is 33.1 Å². The van der Waals surface area contributed by atoms with Crippen LogP contribution < -0.4 is 16.0 Å². The fourth-order valence-electron chi connectivity index (χ4n) is 2.11. The molecule has 2 rings (SSSR count). The summed E-state index contributed by atoms with van der Waals surface area (Å²) < 4.78 is 0. The second-order valence-electron chi connectivity index (χ2n) is 5.23. The Hall–Kier alpha value is -1.52. The molecule has 0 spiro atoms. The Morgan fingerprint density at radius 2 is 1.95 bits per heavy atom. The van der Waals surface area contributed by atoms with Crippen LogP contribution in [0, 0.1) is 0 Å². The molecule has 0 aromatic rings. The van der Waals surface area contributed by atoms with Crippen molar-refractivity contribution in [2.24, 2.45) is 4.99 Å². The minimum absolute atomic E-state index is 0.173. The van der Waals surface area contributed by atoms with Crippen LogP contribution in [-0.4, -0.2) is 37.5 Å². The van der Waals surface area contributed by atoms with E-state index in [0.29, 0.717) is 18.5 Å². The fraction of sp³-hybridized carbons (Fsp3) is 0.714. The third-order valence-electron chi connectivity index (χ3n) is 3.39. The third-order valence-corrected chi connectivity index (χ3v) is 3.39. The highest BCUT2D eigenvalue weighted by atomic mass is 16.1. The number of aliphatic imine (C=N–C) groups is 1. The highest BCUT2D eigenvalue weighted by molar-refractivity contribution is 5.80. The van der Waals surface area contributed by atoms with E-state index in [0.717, 1.165) is 44.6 Å². The van der Waals surface area contributed by atoms with E-state index in [1.54, 1.807) is 7.05 Å². The number of nitrogens with one attached hydrogen (secondary N) is 3. The topological polar surface area (TPSA) is 65.5 Å². The molecule has 0 atom stereocenters. The molecular weight excluding hydrogens is 240 g/mol. The molecule has 2 aliphatic carbocycles. The zero-order valence-electron chi connectivity index (χ0n) is 11.6. The molecule has 2 aliphatic rings. The summed E-state index contributed by atoms with van der Waals surface area (Å²) in [5, 5.41) is 9.62. The zero-order valence-corrected chi connectivity index (χ0v) is 11.6. The van der Waals surface area contributed by atoms with Gasteiger partial charge in [-0.25, -0.2) is 0 Å². The molecule has 106 valence electrons. The maximum Gasteiger partial charge on any atom is 0.220 e. The summed E-state index contributed by atoms with van der Waals surface area (Å²) in [5.41, 5.74) is 0. The number of amides is 1. The van der Waals surface area contributed by atoms with Crippen molar-refractivity contribution < 1.29 is 4.79 Å². The van der Waals surface area contributed by atoms with Crippen molar-refractivity contribution >= 4 is 11.9 Å². The molecule has 1 amide bonds. The zero-order chi connectivity index (χ0) is 13.5. The lowest BCUT2D eigenvalue weighted by atomic mass is 10.2. The highest BCUT2D eigenvalue weighted by Crippen LogP contribution is 2.18. The van der Waals surface area contributed by atoms with Gasteiger partial charge in [0.25, 0.3) is 0 Å². The van der Waals surface area contributed by atoms with Gasteiger partial charge in [-0.15, -0.1) is 0 Å². The maximum absolute atomic E-state index is 11.5. The van der Waals surface area contributed by atoms with Gasteiger partial charge in [-0.1, -0.05) is 12.2 Å². The van der Waals surface area contributed by atoms with E-state index in [1.165, 1.54) is 0 Å². The lowest BCUT2D eigenvalue weighted by Crippen LogP contribution is -2.42. The van der Waals surface area contributed by atoms with Crippen LogP contribution in [0.3, 0.4) is 0 Å². The Kier molecular flexibility index (Phi) is 5.24. The van der Waals surface area contributed by atoms with E-state index in [9.17, 15) is 4.79 Å². The van der Waals surface area contributed by atoms with Crippen molar-refractivity contribution in [3.63, 3.8) is 0 Å². The Morgan fingerprint density at radius 3 is 2.58 bits per heavy atom. The van der Waals surface area contributed by atoms with E-state index >= 15 is 0 Å². The lowest BCUT2D eigenvalue weighted by molar-refractivity contribution is -0.121. The average molecular weight is 264 g/mol. The number of carbonyl (C=O) groups is 1. The van der Waals surface area contributed by atoms with E-state index < -0.39 is 0 Å². The van der Waals surface area contributed by atoms with Gasteiger partial charge < -0.3 is 16.0 Å². The molecule has 19 heavy (non-hydrogen) atoms. The standard InChI is InChI=1S/C14H24N4O/c1-15-14(18-11-5-2-3-6-11)16-10-4-7-13(19)17-12-8-9-12/h2-3,11-12H,4-10H2,1H3,(H,17,19)(H2,15,16,18). The summed E-state index contributed by atoms with van der Waals surface area (Å²) in [5.74, 6) is 1.00. The fourth-order valence-corrected chi connectivity index (χ4v) is 2.11. The first-order valence-electron chi connectivity index (χ1n) is 7.19. The molecule has 0 radical (unpaired) electrons. The molecule has 0 saturated heterocycles. The van der Waals surface area contributed by atoms with Gasteiger partial charge in [-0.3, -0.25) is 9.79 Å². The van der Waals surface area contributed by atoms with Crippen LogP contribution in [0.5, 0.6) is 0 Å². The third kappa shape index (κ3) is 5.32. The molecule has 1 saturated carbocycles. The summed E-state index contributed by atoms with van der Waals surface area (Å²) in [6, 6.07) is 0.925. The largest absolute Gasteiger partial charge is 0.356 e. The van der Waals surface area contributed by atoms with Crippen molar-refractivity contribution in [2.45, 2.75) is 50.6 Å². The van der Waals surface area contributed by atoms with E-state index in [4.69, 9.17) is 0 Å². The second-order valence-corrected chi connectivity index (χ2v) is 5.23. The number of rotatable bonds is 6. The van der Waals surface area contributed by atoms with Gasteiger partial charge in [0.05, 0.1) is 0 Å². The van der Waals surface area contributed by atoms with Crippen molar-refractivity contribution in [2.75, 3.05) is 13.6 Å². The predicted octanol–water partition coefficient (Wildman–Crippen LogP) is 0.929. The van der Waals surface area contributed by atoms with Crippen LogP contribution in [0.15, 0.2) is 17.1 Å². The van der Waals surface area contributed by atoms with Gasteiger partial charge in [0.1, 0.15) is 0 Å². The number of guanidine groups is 1. The molecule has 5 heteroatoms. The first-order valence-corrected chi connectivity index (χ1v) is 7.19. The van der Waals surface area contributed by atoms with Crippen molar-refractivity contribution in [1.82, 2.24) is 16.0 Å². The molecule has 0 aliphatic heterocycles. The first-order chi connectivity index (χ1) is 9.28. The average Bonchev–Trinajstić information content (AvgIpc) is 3.06. The Morgan fingerprint density at radius 1 is 1.21 bits per heavy atom. The monoisotopic (exact) mass is 264 g/mol. The van der Waals surface area contributed by atoms with Crippen LogP contribution in [0.1, 0.15) is 38.5 Å². The van der Waals surface area contributed by atoms with Crippen LogP contribution >= 0.6 is 0 Å².